The van der Waals surface area contributed by atoms with Crippen molar-refractivity contribution in [2.24, 2.45) is 0 Å². The summed E-state index contributed by atoms with van der Waals surface area (Å²) in [5.41, 5.74) is 0.616. The summed E-state index contributed by atoms with van der Waals surface area (Å²) in [6.07, 6.45) is 1.60. The SMILES string of the molecule is [NH-]S(=O)(=O)c1ccccc1C1CCCO1.[Na+]. The van der Waals surface area contributed by atoms with Crippen LogP contribution in [0, 0.1) is 0 Å². The largest absolute Gasteiger partial charge is 1.00 e. The normalized spacial score (nSPS) is 20.4. The summed E-state index contributed by atoms with van der Waals surface area (Å²) in [6.45, 7) is 0.664. The van der Waals surface area contributed by atoms with Gasteiger partial charge in [-0.15, -0.1) is 0 Å². The van der Waals surface area contributed by atoms with Crippen LogP contribution < -0.4 is 29.6 Å². The second-order valence-electron chi connectivity index (χ2n) is 3.54. The fourth-order valence-electron chi connectivity index (χ4n) is 1.81. The molecule has 0 aromatic heterocycles. The van der Waals surface area contributed by atoms with Crippen LogP contribution in [0.4, 0.5) is 0 Å². The summed E-state index contributed by atoms with van der Waals surface area (Å²) >= 11 is 0. The third-order valence-electron chi connectivity index (χ3n) is 2.49. The molecule has 1 fully saturated rings. The zero-order valence-corrected chi connectivity index (χ0v) is 12.0. The van der Waals surface area contributed by atoms with Gasteiger partial charge in [0.1, 0.15) is 0 Å². The summed E-state index contributed by atoms with van der Waals surface area (Å²) in [6, 6.07) is 6.57. The molecule has 1 unspecified atom stereocenters. The molecule has 1 aromatic rings. The van der Waals surface area contributed by atoms with Crippen LogP contribution in [-0.4, -0.2) is 15.0 Å². The minimum atomic E-state index is -3.90. The maximum Gasteiger partial charge on any atom is 1.00 e. The van der Waals surface area contributed by atoms with Gasteiger partial charge < -0.3 is 9.88 Å². The van der Waals surface area contributed by atoms with Crippen molar-refractivity contribution in [2.45, 2.75) is 23.8 Å². The predicted molar refractivity (Wildman–Crippen MR) is 55.9 cm³/mol. The smallest absolute Gasteiger partial charge is 0.560 e. The summed E-state index contributed by atoms with van der Waals surface area (Å²) in [5.74, 6) is 0. The van der Waals surface area contributed by atoms with Crippen LogP contribution in [-0.2, 0) is 14.8 Å². The van der Waals surface area contributed by atoms with Crippen molar-refractivity contribution in [1.29, 1.82) is 0 Å². The molecule has 16 heavy (non-hydrogen) atoms. The molecule has 1 saturated heterocycles. The molecule has 0 bridgehead atoms. The monoisotopic (exact) mass is 249 g/mol. The van der Waals surface area contributed by atoms with E-state index in [1.807, 2.05) is 0 Å². The molecule has 1 aliphatic rings. The van der Waals surface area contributed by atoms with Crippen molar-refractivity contribution in [3.63, 3.8) is 0 Å². The number of hydrogen-bond donors (Lipinski definition) is 0. The minimum Gasteiger partial charge on any atom is -0.560 e. The maximum absolute atomic E-state index is 11.2. The van der Waals surface area contributed by atoms with Crippen LogP contribution in [0.25, 0.3) is 5.14 Å². The molecular formula is C10H12NNaO3S. The molecule has 0 radical (unpaired) electrons. The fraction of sp³-hybridized carbons (Fsp3) is 0.400. The van der Waals surface area contributed by atoms with Crippen LogP contribution in [0.5, 0.6) is 0 Å². The first-order valence-corrected chi connectivity index (χ1v) is 6.27. The zero-order chi connectivity index (χ0) is 10.9. The fourth-order valence-corrected chi connectivity index (χ4v) is 2.58. The first-order chi connectivity index (χ1) is 7.09. The van der Waals surface area contributed by atoms with Crippen LogP contribution in [0.1, 0.15) is 24.5 Å². The van der Waals surface area contributed by atoms with E-state index in [0.717, 1.165) is 12.8 Å². The Kier molecular flexibility index (Phi) is 4.97. The van der Waals surface area contributed by atoms with Crippen molar-refractivity contribution >= 4 is 10.0 Å². The van der Waals surface area contributed by atoms with Crippen molar-refractivity contribution in [3.8, 4) is 0 Å². The van der Waals surface area contributed by atoms with Gasteiger partial charge >= 0.3 is 29.6 Å². The summed E-state index contributed by atoms with van der Waals surface area (Å²) in [4.78, 5) is 0.0666. The van der Waals surface area contributed by atoms with Crippen molar-refractivity contribution in [2.75, 3.05) is 6.61 Å². The Hall–Kier alpha value is 0.0900. The van der Waals surface area contributed by atoms with Gasteiger partial charge in [0.25, 0.3) is 0 Å². The molecule has 0 amide bonds. The molecular weight excluding hydrogens is 237 g/mol. The molecule has 0 aliphatic carbocycles. The molecule has 6 heteroatoms. The predicted octanol–water partition coefficient (Wildman–Crippen LogP) is -0.717. The van der Waals surface area contributed by atoms with Crippen molar-refractivity contribution in [1.82, 2.24) is 0 Å². The minimum absolute atomic E-state index is 0. The number of hydrogen-bond acceptors (Lipinski definition) is 3. The van der Waals surface area contributed by atoms with Crippen LogP contribution in [0.15, 0.2) is 29.2 Å². The third kappa shape index (κ3) is 3.06. The Bertz CT molecular complexity index is 455. The Labute approximate surface area is 118 Å². The molecule has 82 valence electrons. The van der Waals surface area contributed by atoms with Gasteiger partial charge in [0.15, 0.2) is 0 Å². The first kappa shape index (κ1) is 14.2. The van der Waals surface area contributed by atoms with Gasteiger partial charge in [0.2, 0.25) is 0 Å². The number of rotatable bonds is 2. The molecule has 1 N–H and O–H groups in total. The molecule has 1 heterocycles. The third-order valence-corrected chi connectivity index (χ3v) is 3.44. The average molecular weight is 249 g/mol. The molecule has 0 spiro atoms. The van der Waals surface area contributed by atoms with Gasteiger partial charge in [-0.1, -0.05) is 18.2 Å². The van der Waals surface area contributed by atoms with Crippen molar-refractivity contribution in [3.05, 3.63) is 35.0 Å². The second-order valence-corrected chi connectivity index (χ2v) is 4.99. The van der Waals surface area contributed by atoms with Gasteiger partial charge in [-0.2, -0.15) is 0 Å². The van der Waals surface area contributed by atoms with E-state index in [2.05, 4.69) is 0 Å². The van der Waals surface area contributed by atoms with E-state index in [1.54, 1.807) is 18.2 Å². The van der Waals surface area contributed by atoms with Gasteiger partial charge in [-0.3, -0.25) is 0 Å². The van der Waals surface area contributed by atoms with E-state index in [1.165, 1.54) is 6.07 Å². The van der Waals surface area contributed by atoms with E-state index in [0.29, 0.717) is 12.2 Å². The molecule has 2 rings (SSSR count). The van der Waals surface area contributed by atoms with Gasteiger partial charge in [-0.25, -0.2) is 8.42 Å². The number of sulfonamides is 1. The van der Waals surface area contributed by atoms with Crippen LogP contribution in [0.2, 0.25) is 0 Å². The number of ether oxygens (including phenoxy) is 1. The molecule has 1 aliphatic heterocycles. The molecule has 0 saturated carbocycles. The van der Waals surface area contributed by atoms with E-state index in [4.69, 9.17) is 9.88 Å². The quantitative estimate of drug-likeness (QED) is 0.650. The number of benzene rings is 1. The van der Waals surface area contributed by atoms with Crippen LogP contribution >= 0.6 is 0 Å². The standard InChI is InChI=1S/C10H12NO3S.Na/c11-15(12,13)10-6-2-1-4-8(10)9-5-3-7-14-9;/h1-2,4,6,9H,3,5,7H2,(H-,11,12,13);/q-1;+1. The topological polar surface area (TPSA) is 67.2 Å². The average Bonchev–Trinajstić information content (AvgIpc) is 2.69. The molecule has 4 nitrogen and oxygen atoms in total. The molecule has 1 aromatic carbocycles. The van der Waals surface area contributed by atoms with Crippen molar-refractivity contribution < 1.29 is 42.7 Å². The van der Waals surface area contributed by atoms with Gasteiger partial charge in [-0.05, 0) is 24.5 Å². The molecule has 1 atom stereocenters. The maximum atomic E-state index is 11.2. The zero-order valence-electron chi connectivity index (χ0n) is 9.14. The van der Waals surface area contributed by atoms with E-state index in [-0.39, 0.29) is 40.6 Å². The second kappa shape index (κ2) is 5.62. The van der Waals surface area contributed by atoms with Crippen LogP contribution in [0.3, 0.4) is 0 Å². The van der Waals surface area contributed by atoms with E-state index >= 15 is 0 Å². The summed E-state index contributed by atoms with van der Waals surface area (Å²) in [5, 5.41) is 7.09. The first-order valence-electron chi connectivity index (χ1n) is 4.79. The van der Waals surface area contributed by atoms with E-state index < -0.39 is 10.0 Å². The Morgan fingerprint density at radius 3 is 2.56 bits per heavy atom. The van der Waals surface area contributed by atoms with E-state index in [9.17, 15) is 8.42 Å². The Morgan fingerprint density at radius 2 is 2.00 bits per heavy atom. The Balaban J connectivity index is 0.00000128. The summed E-state index contributed by atoms with van der Waals surface area (Å²) < 4.78 is 27.9. The van der Waals surface area contributed by atoms with Gasteiger partial charge in [0.05, 0.1) is 21.0 Å². The summed E-state index contributed by atoms with van der Waals surface area (Å²) in [7, 11) is -3.90. The Morgan fingerprint density at radius 1 is 1.31 bits per heavy atom. The van der Waals surface area contributed by atoms with Gasteiger partial charge in [0, 0.05) is 6.61 Å². The number of nitrogens with one attached hydrogen (secondary N) is 1.